The third kappa shape index (κ3) is 2.61. The molecule has 1 aromatic carbocycles. The van der Waals surface area contributed by atoms with Gasteiger partial charge in [-0.2, -0.15) is 0 Å². The van der Waals surface area contributed by atoms with E-state index in [1.165, 1.54) is 10.9 Å². The van der Waals surface area contributed by atoms with Crippen molar-refractivity contribution in [3.8, 4) is 5.75 Å². The molecule has 1 N–H and O–H groups in total. The van der Waals surface area contributed by atoms with Gasteiger partial charge in [0.15, 0.2) is 0 Å². The molecule has 1 aromatic heterocycles. The average molecular weight is 232 g/mol. The van der Waals surface area contributed by atoms with E-state index in [2.05, 4.69) is 48.1 Å². The number of rotatable bonds is 5. The van der Waals surface area contributed by atoms with Crippen LogP contribution in [-0.4, -0.2) is 24.3 Å². The van der Waals surface area contributed by atoms with Crippen LogP contribution in [0.3, 0.4) is 0 Å². The van der Waals surface area contributed by atoms with E-state index in [0.717, 1.165) is 18.8 Å². The maximum absolute atomic E-state index is 5.82. The number of likely N-dealkylation sites (N-methyl/N-ethyl adjacent to an activating group) is 1. The zero-order valence-electron chi connectivity index (χ0n) is 10.7. The Hall–Kier alpha value is -1.48. The molecular weight excluding hydrogens is 212 g/mol. The van der Waals surface area contributed by atoms with Gasteiger partial charge in [0.1, 0.15) is 5.75 Å². The molecule has 0 saturated carbocycles. The average Bonchev–Trinajstić information content (AvgIpc) is 2.70. The van der Waals surface area contributed by atoms with Gasteiger partial charge in [0.2, 0.25) is 0 Å². The lowest BCUT2D eigenvalue weighted by atomic mass is 10.2. The largest absolute Gasteiger partial charge is 0.490 e. The zero-order chi connectivity index (χ0) is 12.3. The van der Waals surface area contributed by atoms with E-state index in [-0.39, 0.29) is 6.10 Å². The molecule has 0 aliphatic carbocycles. The summed E-state index contributed by atoms with van der Waals surface area (Å²) in [4.78, 5) is 0. The summed E-state index contributed by atoms with van der Waals surface area (Å²) in [5.41, 5.74) is 1.23. The van der Waals surface area contributed by atoms with Crippen LogP contribution in [0.2, 0.25) is 0 Å². The summed E-state index contributed by atoms with van der Waals surface area (Å²) in [5, 5.41) is 4.36. The van der Waals surface area contributed by atoms with Crippen molar-refractivity contribution in [2.75, 3.05) is 13.6 Å². The van der Waals surface area contributed by atoms with Crippen LogP contribution in [-0.2, 0) is 6.54 Å². The van der Waals surface area contributed by atoms with E-state index in [1.54, 1.807) is 0 Å². The Balaban J connectivity index is 2.35. The van der Waals surface area contributed by atoms with Crippen LogP contribution >= 0.6 is 0 Å². The second-order valence-corrected chi connectivity index (χ2v) is 4.47. The second-order valence-electron chi connectivity index (χ2n) is 4.47. The first-order valence-corrected chi connectivity index (χ1v) is 6.11. The summed E-state index contributed by atoms with van der Waals surface area (Å²) >= 11 is 0. The molecule has 0 spiro atoms. The molecule has 1 heterocycles. The quantitative estimate of drug-likeness (QED) is 0.857. The van der Waals surface area contributed by atoms with Gasteiger partial charge >= 0.3 is 0 Å². The molecule has 0 unspecified atom stereocenters. The molecule has 0 radical (unpaired) electrons. The predicted molar refractivity (Wildman–Crippen MR) is 71.6 cm³/mol. The van der Waals surface area contributed by atoms with Crippen molar-refractivity contribution in [1.82, 2.24) is 9.88 Å². The summed E-state index contributed by atoms with van der Waals surface area (Å²) in [6.07, 6.45) is 2.33. The molecule has 2 aromatic rings. The number of benzene rings is 1. The highest BCUT2D eigenvalue weighted by Gasteiger charge is 2.07. The van der Waals surface area contributed by atoms with Crippen LogP contribution in [0.15, 0.2) is 30.5 Å². The van der Waals surface area contributed by atoms with Gasteiger partial charge in [0.25, 0.3) is 0 Å². The number of hydrogen-bond acceptors (Lipinski definition) is 2. The fourth-order valence-electron chi connectivity index (χ4n) is 1.98. The molecule has 2 rings (SSSR count). The van der Waals surface area contributed by atoms with Crippen molar-refractivity contribution in [3.63, 3.8) is 0 Å². The lowest BCUT2D eigenvalue weighted by molar-refractivity contribution is 0.245. The zero-order valence-corrected chi connectivity index (χ0v) is 10.7. The molecule has 92 valence electrons. The Morgan fingerprint density at radius 3 is 2.82 bits per heavy atom. The summed E-state index contributed by atoms with van der Waals surface area (Å²) in [6, 6.07) is 8.35. The first-order valence-electron chi connectivity index (χ1n) is 6.11. The first kappa shape index (κ1) is 12.0. The van der Waals surface area contributed by atoms with E-state index in [4.69, 9.17) is 4.74 Å². The molecule has 0 amide bonds. The molecule has 0 aliphatic rings. The normalized spacial score (nSPS) is 11.3. The first-order chi connectivity index (χ1) is 8.22. The Kier molecular flexibility index (Phi) is 3.69. The molecule has 0 saturated heterocycles. The molecule has 3 nitrogen and oxygen atoms in total. The highest BCUT2D eigenvalue weighted by molar-refractivity contribution is 5.86. The highest BCUT2D eigenvalue weighted by Crippen LogP contribution is 2.27. The number of hydrogen-bond donors (Lipinski definition) is 1. The number of ether oxygens (including phenoxy) is 1. The molecule has 0 atom stereocenters. The molecule has 0 bridgehead atoms. The fraction of sp³-hybridized carbons (Fsp3) is 0.429. The Bertz CT molecular complexity index is 488. The van der Waals surface area contributed by atoms with E-state index < -0.39 is 0 Å². The van der Waals surface area contributed by atoms with Crippen LogP contribution in [0.4, 0.5) is 0 Å². The maximum atomic E-state index is 5.82. The highest BCUT2D eigenvalue weighted by atomic mass is 16.5. The predicted octanol–water partition coefficient (Wildman–Crippen LogP) is 2.65. The minimum Gasteiger partial charge on any atom is -0.490 e. The van der Waals surface area contributed by atoms with Gasteiger partial charge in [-0.25, -0.2) is 0 Å². The third-order valence-corrected chi connectivity index (χ3v) is 2.74. The van der Waals surface area contributed by atoms with E-state index >= 15 is 0 Å². The molecule has 17 heavy (non-hydrogen) atoms. The molecule has 0 aliphatic heterocycles. The molecular formula is C14H20N2O. The summed E-state index contributed by atoms with van der Waals surface area (Å²) in [5.74, 6) is 0.973. The number of aromatic nitrogens is 1. The number of nitrogens with one attached hydrogen (secondary N) is 1. The van der Waals surface area contributed by atoms with E-state index in [1.807, 2.05) is 13.1 Å². The number of fused-ring (bicyclic) bond motifs is 1. The van der Waals surface area contributed by atoms with Gasteiger partial charge < -0.3 is 14.6 Å². The minimum atomic E-state index is 0.209. The van der Waals surface area contributed by atoms with Crippen molar-refractivity contribution < 1.29 is 4.74 Å². The van der Waals surface area contributed by atoms with Crippen molar-refractivity contribution in [2.45, 2.75) is 26.5 Å². The number of nitrogens with zero attached hydrogens (tertiary/aromatic N) is 1. The third-order valence-electron chi connectivity index (χ3n) is 2.74. The summed E-state index contributed by atoms with van der Waals surface area (Å²) in [6.45, 7) is 6.05. The van der Waals surface area contributed by atoms with Gasteiger partial charge in [-0.15, -0.1) is 0 Å². The fourth-order valence-corrected chi connectivity index (χ4v) is 1.98. The Morgan fingerprint density at radius 1 is 1.29 bits per heavy atom. The van der Waals surface area contributed by atoms with Gasteiger partial charge in [-0.3, -0.25) is 0 Å². The van der Waals surface area contributed by atoms with Crippen LogP contribution in [0, 0.1) is 0 Å². The maximum Gasteiger partial charge on any atom is 0.129 e. The molecule has 0 fully saturated rings. The van der Waals surface area contributed by atoms with E-state index in [0.29, 0.717) is 0 Å². The van der Waals surface area contributed by atoms with Crippen LogP contribution < -0.4 is 10.1 Å². The summed E-state index contributed by atoms with van der Waals surface area (Å²) < 4.78 is 8.07. The van der Waals surface area contributed by atoms with Gasteiger partial charge in [0.05, 0.1) is 11.6 Å². The van der Waals surface area contributed by atoms with Crippen molar-refractivity contribution in [2.24, 2.45) is 0 Å². The lowest BCUT2D eigenvalue weighted by Gasteiger charge is -2.11. The standard InChI is InChI=1S/C14H20N2O/c1-11(2)17-14-6-4-5-13-12(14)7-9-16(13)10-8-15-3/h4-7,9,11,15H,8,10H2,1-3H3. The SMILES string of the molecule is CNCCn1ccc2c(OC(C)C)cccc21. The summed E-state index contributed by atoms with van der Waals surface area (Å²) in [7, 11) is 1.97. The Labute approximate surface area is 102 Å². The van der Waals surface area contributed by atoms with Crippen molar-refractivity contribution in [3.05, 3.63) is 30.5 Å². The Morgan fingerprint density at radius 2 is 2.12 bits per heavy atom. The smallest absolute Gasteiger partial charge is 0.129 e. The second kappa shape index (κ2) is 5.23. The van der Waals surface area contributed by atoms with Crippen molar-refractivity contribution >= 4 is 10.9 Å². The van der Waals surface area contributed by atoms with Crippen LogP contribution in [0.25, 0.3) is 10.9 Å². The van der Waals surface area contributed by atoms with Crippen LogP contribution in [0.1, 0.15) is 13.8 Å². The van der Waals surface area contributed by atoms with Gasteiger partial charge in [-0.1, -0.05) is 6.07 Å². The topological polar surface area (TPSA) is 26.2 Å². The molecule has 3 heteroatoms. The monoisotopic (exact) mass is 232 g/mol. The van der Waals surface area contributed by atoms with Crippen molar-refractivity contribution in [1.29, 1.82) is 0 Å². The minimum absolute atomic E-state index is 0.209. The van der Waals surface area contributed by atoms with Crippen LogP contribution in [0.5, 0.6) is 5.75 Å². The lowest BCUT2D eigenvalue weighted by Crippen LogP contribution is -2.14. The van der Waals surface area contributed by atoms with E-state index in [9.17, 15) is 0 Å². The van der Waals surface area contributed by atoms with Gasteiger partial charge in [-0.05, 0) is 39.1 Å². The van der Waals surface area contributed by atoms with Gasteiger partial charge in [0, 0.05) is 24.7 Å².